The summed E-state index contributed by atoms with van der Waals surface area (Å²) >= 11 is 0. The van der Waals surface area contributed by atoms with E-state index in [1.807, 2.05) is 25.1 Å². The van der Waals surface area contributed by atoms with Crippen LogP contribution in [0.25, 0.3) is 11.0 Å². The summed E-state index contributed by atoms with van der Waals surface area (Å²) in [6, 6.07) is 9.09. The highest BCUT2D eigenvalue weighted by atomic mass is 35.5. The number of hydrogen-bond donors (Lipinski definition) is 2. The van der Waals surface area contributed by atoms with Crippen LogP contribution in [0.1, 0.15) is 6.92 Å². The van der Waals surface area contributed by atoms with Crippen molar-refractivity contribution >= 4 is 29.4 Å². The zero-order valence-electron chi connectivity index (χ0n) is 8.66. The molecular weight excluding hydrogens is 230 g/mol. The van der Waals surface area contributed by atoms with Gasteiger partial charge in [0.15, 0.2) is 0 Å². The Balaban J connectivity index is 0.000000330. The first-order chi connectivity index (χ1) is 7.29. The fourth-order valence-electron chi connectivity index (χ4n) is 0.936. The Morgan fingerprint density at radius 3 is 2.69 bits per heavy atom. The molecule has 6 nitrogen and oxygen atoms in total. The minimum atomic E-state index is 0. The number of para-hydroxylation sites is 1. The molecule has 2 N–H and O–H groups in total. The van der Waals surface area contributed by atoms with Crippen LogP contribution < -0.4 is 0 Å². The van der Waals surface area contributed by atoms with E-state index in [2.05, 4.69) is 15.3 Å². The van der Waals surface area contributed by atoms with E-state index in [1.54, 1.807) is 12.1 Å². The lowest BCUT2D eigenvalue weighted by Gasteiger charge is -1.85. The number of nitrogens with zero attached hydrogens (tertiary/aromatic N) is 4. The first-order valence-corrected chi connectivity index (χ1v) is 4.37. The number of nitrogens with one attached hydrogen (secondary N) is 1. The maximum absolute atomic E-state index is 8.95. The molecule has 2 aromatic rings. The smallest absolute Gasteiger partial charge is 0.130 e. The largest absolute Gasteiger partial charge is 0.410 e. The molecule has 0 unspecified atom stereocenters. The lowest BCUT2D eigenvalue weighted by atomic mass is 10.3. The number of halogens is 1. The number of aliphatic imine (C=N–C) groups is 1. The third kappa shape index (κ3) is 3.68. The molecule has 0 aliphatic heterocycles. The van der Waals surface area contributed by atoms with Crippen LogP contribution in [0, 0.1) is 5.41 Å². The summed E-state index contributed by atoms with van der Waals surface area (Å²) in [6.07, 6.45) is 0. The zero-order valence-corrected chi connectivity index (χ0v) is 9.48. The Morgan fingerprint density at radius 2 is 2.19 bits per heavy atom. The molecule has 0 fully saturated rings. The van der Waals surface area contributed by atoms with E-state index < -0.39 is 0 Å². The van der Waals surface area contributed by atoms with Gasteiger partial charge in [-0.3, -0.25) is 0 Å². The van der Waals surface area contributed by atoms with Gasteiger partial charge in [0.05, 0.1) is 6.01 Å². The van der Waals surface area contributed by atoms with Gasteiger partial charge in [0.25, 0.3) is 0 Å². The SMILES string of the molecule is CCN=C=N.Cl.On1nnc2ccccc21. The summed E-state index contributed by atoms with van der Waals surface area (Å²) in [5.74, 6) is 0. The Hall–Kier alpha value is -1.91. The van der Waals surface area contributed by atoms with Crippen molar-refractivity contribution in [3.8, 4) is 0 Å². The molecule has 0 saturated carbocycles. The summed E-state index contributed by atoms with van der Waals surface area (Å²) in [7, 11) is 0. The fraction of sp³-hybridized carbons (Fsp3) is 0.222. The second-order valence-electron chi connectivity index (χ2n) is 2.55. The summed E-state index contributed by atoms with van der Waals surface area (Å²) in [5.41, 5.74) is 1.33. The van der Waals surface area contributed by atoms with E-state index in [-0.39, 0.29) is 12.4 Å². The number of fused-ring (bicyclic) bond motifs is 1. The molecule has 0 spiro atoms. The van der Waals surface area contributed by atoms with Crippen LogP contribution in [-0.4, -0.2) is 32.9 Å². The van der Waals surface area contributed by atoms with Crippen molar-refractivity contribution in [2.75, 3.05) is 6.54 Å². The van der Waals surface area contributed by atoms with E-state index in [4.69, 9.17) is 10.6 Å². The molecule has 0 aliphatic carbocycles. The quantitative estimate of drug-likeness (QED) is 0.590. The molecule has 0 atom stereocenters. The zero-order chi connectivity index (χ0) is 11.1. The van der Waals surface area contributed by atoms with Crippen molar-refractivity contribution in [3.05, 3.63) is 24.3 Å². The molecule has 16 heavy (non-hydrogen) atoms. The average molecular weight is 242 g/mol. The van der Waals surface area contributed by atoms with Crippen LogP contribution in [0.5, 0.6) is 0 Å². The highest BCUT2D eigenvalue weighted by Crippen LogP contribution is 2.06. The maximum Gasteiger partial charge on any atom is 0.130 e. The van der Waals surface area contributed by atoms with Crippen LogP contribution in [-0.2, 0) is 0 Å². The normalized spacial score (nSPS) is 8.31. The van der Waals surface area contributed by atoms with Crippen molar-refractivity contribution in [1.82, 2.24) is 15.2 Å². The van der Waals surface area contributed by atoms with Crippen LogP contribution >= 0.6 is 12.4 Å². The van der Waals surface area contributed by atoms with Gasteiger partial charge in [0.2, 0.25) is 0 Å². The Bertz CT molecular complexity index is 477. The summed E-state index contributed by atoms with van der Waals surface area (Å²) in [5, 5.41) is 22.2. The minimum Gasteiger partial charge on any atom is -0.410 e. The van der Waals surface area contributed by atoms with Crippen molar-refractivity contribution in [3.63, 3.8) is 0 Å². The van der Waals surface area contributed by atoms with Gasteiger partial charge in [-0.05, 0) is 24.3 Å². The van der Waals surface area contributed by atoms with Gasteiger partial charge >= 0.3 is 0 Å². The van der Waals surface area contributed by atoms with Crippen LogP contribution in [0.15, 0.2) is 29.3 Å². The maximum atomic E-state index is 8.95. The molecule has 1 heterocycles. The molecule has 2 rings (SSSR count). The van der Waals surface area contributed by atoms with Crippen molar-refractivity contribution in [2.45, 2.75) is 6.92 Å². The van der Waals surface area contributed by atoms with E-state index in [0.29, 0.717) is 17.6 Å². The first-order valence-electron chi connectivity index (χ1n) is 4.37. The van der Waals surface area contributed by atoms with Gasteiger partial charge in [0, 0.05) is 6.54 Å². The molecule has 0 aliphatic rings. The molecule has 1 aromatic carbocycles. The predicted octanol–water partition coefficient (Wildman–Crippen LogP) is 1.85. The topological polar surface area (TPSA) is 87.1 Å². The molecule has 0 radical (unpaired) electrons. The Labute approximate surface area is 98.5 Å². The van der Waals surface area contributed by atoms with Crippen molar-refractivity contribution in [1.29, 1.82) is 5.41 Å². The molecule has 0 bridgehead atoms. The number of benzene rings is 1. The van der Waals surface area contributed by atoms with Gasteiger partial charge in [-0.15, -0.1) is 17.5 Å². The Kier molecular flexibility index (Phi) is 6.51. The van der Waals surface area contributed by atoms with Gasteiger partial charge < -0.3 is 5.21 Å². The lowest BCUT2D eigenvalue weighted by Crippen LogP contribution is -1.90. The molecule has 7 heteroatoms. The van der Waals surface area contributed by atoms with Gasteiger partial charge in [-0.2, -0.15) is 0 Å². The van der Waals surface area contributed by atoms with Gasteiger partial charge in [-0.25, -0.2) is 10.4 Å². The molecule has 0 amide bonds. The third-order valence-corrected chi connectivity index (χ3v) is 1.57. The van der Waals surface area contributed by atoms with Gasteiger partial charge in [-0.1, -0.05) is 17.0 Å². The second kappa shape index (κ2) is 7.39. The Morgan fingerprint density at radius 1 is 1.50 bits per heavy atom. The molecule has 1 aromatic heterocycles. The first kappa shape index (κ1) is 14.1. The molecular formula is C9H12ClN5O. The standard InChI is InChI=1S/C6H5N3O.C3H6N2.ClH/c10-9-6-4-2-1-3-5(6)7-8-9;1-2-5-3-4;/h1-4,10H;4H,2H2,1H3;1H. The van der Waals surface area contributed by atoms with Gasteiger partial charge in [0.1, 0.15) is 11.0 Å². The summed E-state index contributed by atoms with van der Waals surface area (Å²) in [6.45, 7) is 2.53. The number of rotatable bonds is 1. The molecule has 0 saturated heterocycles. The fourth-order valence-corrected chi connectivity index (χ4v) is 0.936. The van der Waals surface area contributed by atoms with E-state index >= 15 is 0 Å². The number of aromatic nitrogens is 3. The highest BCUT2D eigenvalue weighted by Gasteiger charge is 1.98. The van der Waals surface area contributed by atoms with Crippen LogP contribution in [0.2, 0.25) is 0 Å². The van der Waals surface area contributed by atoms with Crippen molar-refractivity contribution in [2.24, 2.45) is 4.99 Å². The summed E-state index contributed by atoms with van der Waals surface area (Å²) < 4.78 is 0. The van der Waals surface area contributed by atoms with E-state index in [9.17, 15) is 0 Å². The van der Waals surface area contributed by atoms with Crippen LogP contribution in [0.3, 0.4) is 0 Å². The van der Waals surface area contributed by atoms with Crippen molar-refractivity contribution < 1.29 is 5.21 Å². The monoisotopic (exact) mass is 241 g/mol. The average Bonchev–Trinajstić information content (AvgIpc) is 2.64. The lowest BCUT2D eigenvalue weighted by molar-refractivity contribution is 0.155. The second-order valence-corrected chi connectivity index (χ2v) is 2.55. The molecule has 86 valence electrons. The third-order valence-electron chi connectivity index (χ3n) is 1.57. The number of hydrogen-bond acceptors (Lipinski definition) is 5. The minimum absolute atomic E-state index is 0. The predicted molar refractivity (Wildman–Crippen MR) is 62.7 cm³/mol. The highest BCUT2D eigenvalue weighted by molar-refractivity contribution is 5.85. The summed E-state index contributed by atoms with van der Waals surface area (Å²) in [4.78, 5) is 4.15. The van der Waals surface area contributed by atoms with E-state index in [0.717, 1.165) is 4.85 Å². The van der Waals surface area contributed by atoms with Crippen LogP contribution in [0.4, 0.5) is 0 Å². The van der Waals surface area contributed by atoms with E-state index in [1.165, 1.54) is 0 Å².